The molecule has 140 valence electrons. The molecular weight excluding hydrogens is 347 g/mol. The highest BCUT2D eigenvalue weighted by Gasteiger charge is 2.27. The van der Waals surface area contributed by atoms with Crippen molar-refractivity contribution in [2.45, 2.75) is 44.7 Å². The van der Waals surface area contributed by atoms with Crippen LogP contribution in [0.2, 0.25) is 0 Å². The minimum Gasteiger partial charge on any atom is -0.408 e. The molecule has 1 aromatic heterocycles. The molecule has 0 bridgehead atoms. The van der Waals surface area contributed by atoms with E-state index in [1.165, 1.54) is 18.6 Å². The average Bonchev–Trinajstić information content (AvgIpc) is 3.07. The van der Waals surface area contributed by atoms with Crippen LogP contribution >= 0.6 is 0 Å². The number of amides is 1. The lowest BCUT2D eigenvalue weighted by Crippen LogP contribution is -2.41. The first kappa shape index (κ1) is 17.5. The first-order valence-electron chi connectivity index (χ1n) is 9.28. The highest BCUT2D eigenvalue weighted by molar-refractivity contribution is 5.97. The maximum Gasteiger partial charge on any atom is 0.417 e. The summed E-state index contributed by atoms with van der Waals surface area (Å²) in [7, 11) is 0. The Balaban J connectivity index is 1.65. The Bertz CT molecular complexity index is 1000. The zero-order valence-corrected chi connectivity index (χ0v) is 14.9. The van der Waals surface area contributed by atoms with E-state index in [9.17, 15) is 14.0 Å². The molecule has 27 heavy (non-hydrogen) atoms. The predicted octanol–water partition coefficient (Wildman–Crippen LogP) is 4.24. The first-order chi connectivity index (χ1) is 13.1. The van der Waals surface area contributed by atoms with E-state index in [2.05, 4.69) is 4.98 Å². The molecule has 2 aromatic carbocycles. The van der Waals surface area contributed by atoms with Crippen LogP contribution in [-0.4, -0.2) is 21.8 Å². The summed E-state index contributed by atoms with van der Waals surface area (Å²) in [4.78, 5) is 29.1. The molecule has 0 spiro atoms. The molecule has 4 rings (SSSR count). The fourth-order valence-electron chi connectivity index (χ4n) is 3.80. The quantitative estimate of drug-likeness (QED) is 0.749. The minimum absolute atomic E-state index is 0.0878. The molecule has 1 N–H and O–H groups in total. The summed E-state index contributed by atoms with van der Waals surface area (Å²) in [5.41, 5.74) is 2.34. The number of nitrogens with zero attached hydrogens (tertiary/aromatic N) is 1. The molecular formula is C21H21FN2O3. The van der Waals surface area contributed by atoms with Crippen LogP contribution in [0.1, 0.15) is 48.0 Å². The maximum absolute atomic E-state index is 13.3. The van der Waals surface area contributed by atoms with Gasteiger partial charge in [0.2, 0.25) is 0 Å². The normalized spacial score (nSPS) is 15.1. The third kappa shape index (κ3) is 3.79. The number of aromatic nitrogens is 1. The molecule has 0 saturated heterocycles. The number of nitrogens with one attached hydrogen (secondary N) is 1. The van der Waals surface area contributed by atoms with Crippen LogP contribution in [0, 0.1) is 5.82 Å². The monoisotopic (exact) mass is 368 g/mol. The number of rotatable bonds is 4. The van der Waals surface area contributed by atoms with E-state index < -0.39 is 5.76 Å². The van der Waals surface area contributed by atoms with Gasteiger partial charge in [-0.2, -0.15) is 0 Å². The molecule has 1 fully saturated rings. The van der Waals surface area contributed by atoms with Crippen LogP contribution in [0.25, 0.3) is 11.1 Å². The smallest absolute Gasteiger partial charge is 0.408 e. The van der Waals surface area contributed by atoms with Crippen LogP contribution < -0.4 is 5.76 Å². The summed E-state index contributed by atoms with van der Waals surface area (Å²) in [6, 6.07) is 11.4. The fourth-order valence-corrected chi connectivity index (χ4v) is 3.80. The minimum atomic E-state index is -0.537. The number of hydrogen-bond acceptors (Lipinski definition) is 3. The highest BCUT2D eigenvalue weighted by atomic mass is 19.1. The van der Waals surface area contributed by atoms with Gasteiger partial charge in [-0.05, 0) is 48.7 Å². The van der Waals surface area contributed by atoms with E-state index in [1.54, 1.807) is 30.3 Å². The molecule has 1 amide bonds. The van der Waals surface area contributed by atoms with E-state index in [1.807, 2.05) is 4.90 Å². The molecule has 1 heterocycles. The Hall–Kier alpha value is -2.89. The van der Waals surface area contributed by atoms with Crippen molar-refractivity contribution in [3.05, 3.63) is 70.0 Å². The molecule has 6 heteroatoms. The largest absolute Gasteiger partial charge is 0.417 e. The van der Waals surface area contributed by atoms with Crippen LogP contribution in [0.3, 0.4) is 0 Å². The van der Waals surface area contributed by atoms with Gasteiger partial charge in [-0.3, -0.25) is 9.78 Å². The maximum atomic E-state index is 13.3. The Morgan fingerprint density at radius 2 is 1.85 bits per heavy atom. The Morgan fingerprint density at radius 3 is 2.59 bits per heavy atom. The van der Waals surface area contributed by atoms with Crippen LogP contribution in [0.4, 0.5) is 4.39 Å². The van der Waals surface area contributed by atoms with Crippen molar-refractivity contribution in [1.82, 2.24) is 9.88 Å². The second-order valence-corrected chi connectivity index (χ2v) is 7.08. The zero-order valence-electron chi connectivity index (χ0n) is 14.9. The fraction of sp³-hybridized carbons (Fsp3) is 0.333. The zero-order chi connectivity index (χ0) is 18.8. The number of fused-ring (bicyclic) bond motifs is 1. The van der Waals surface area contributed by atoms with Crippen molar-refractivity contribution in [2.24, 2.45) is 0 Å². The van der Waals surface area contributed by atoms with Gasteiger partial charge in [0.05, 0.1) is 5.52 Å². The van der Waals surface area contributed by atoms with Gasteiger partial charge >= 0.3 is 5.76 Å². The van der Waals surface area contributed by atoms with E-state index >= 15 is 0 Å². The van der Waals surface area contributed by atoms with Gasteiger partial charge in [-0.1, -0.05) is 31.4 Å². The van der Waals surface area contributed by atoms with Crippen LogP contribution in [0.15, 0.2) is 51.7 Å². The van der Waals surface area contributed by atoms with Crippen molar-refractivity contribution in [3.63, 3.8) is 0 Å². The van der Waals surface area contributed by atoms with Crippen molar-refractivity contribution < 1.29 is 13.6 Å². The number of hydrogen-bond donors (Lipinski definition) is 1. The van der Waals surface area contributed by atoms with Crippen LogP contribution in [-0.2, 0) is 6.54 Å². The standard InChI is InChI=1S/C21H21FN2O3/c22-16-9-6-14(7-10-16)13-24(17-4-2-1-3-5-17)20(25)15-8-11-19-18(12-15)23-21(26)27-19/h6-12,17H,1-5,13H2,(H,23,26). The van der Waals surface area contributed by atoms with Crippen molar-refractivity contribution in [2.75, 3.05) is 0 Å². The number of benzene rings is 2. The molecule has 5 nitrogen and oxygen atoms in total. The Kier molecular flexibility index (Phi) is 4.79. The van der Waals surface area contributed by atoms with Crippen LogP contribution in [0.5, 0.6) is 0 Å². The number of carbonyl (C=O) groups excluding carboxylic acids is 1. The molecule has 1 saturated carbocycles. The summed E-state index contributed by atoms with van der Waals surface area (Å²) in [6.45, 7) is 0.434. The predicted molar refractivity (Wildman–Crippen MR) is 100.0 cm³/mol. The van der Waals surface area contributed by atoms with E-state index in [0.717, 1.165) is 31.2 Å². The number of carbonyl (C=O) groups is 1. The molecule has 3 aromatic rings. The lowest BCUT2D eigenvalue weighted by molar-refractivity contribution is 0.0614. The van der Waals surface area contributed by atoms with Gasteiger partial charge in [-0.25, -0.2) is 9.18 Å². The molecule has 0 aliphatic heterocycles. The number of oxazole rings is 1. The molecule has 0 radical (unpaired) electrons. The average molecular weight is 368 g/mol. The highest BCUT2D eigenvalue weighted by Crippen LogP contribution is 2.26. The third-order valence-electron chi connectivity index (χ3n) is 5.21. The first-order valence-corrected chi connectivity index (χ1v) is 9.28. The number of aromatic amines is 1. The Morgan fingerprint density at radius 1 is 1.11 bits per heavy atom. The van der Waals surface area contributed by atoms with E-state index in [4.69, 9.17) is 4.42 Å². The second-order valence-electron chi connectivity index (χ2n) is 7.08. The molecule has 0 atom stereocenters. The lowest BCUT2D eigenvalue weighted by Gasteiger charge is -2.34. The van der Waals surface area contributed by atoms with Gasteiger partial charge in [0, 0.05) is 18.2 Å². The number of H-pyrrole nitrogens is 1. The molecule has 1 aliphatic carbocycles. The molecule has 1 aliphatic rings. The molecule has 0 unspecified atom stereocenters. The van der Waals surface area contributed by atoms with Crippen molar-refractivity contribution >= 4 is 17.0 Å². The van der Waals surface area contributed by atoms with E-state index in [0.29, 0.717) is 23.2 Å². The van der Waals surface area contributed by atoms with Gasteiger partial charge in [0.1, 0.15) is 5.82 Å². The third-order valence-corrected chi connectivity index (χ3v) is 5.21. The summed E-state index contributed by atoms with van der Waals surface area (Å²) in [5.74, 6) is -0.913. The van der Waals surface area contributed by atoms with Gasteiger partial charge in [-0.15, -0.1) is 0 Å². The van der Waals surface area contributed by atoms with E-state index in [-0.39, 0.29) is 17.8 Å². The summed E-state index contributed by atoms with van der Waals surface area (Å²) < 4.78 is 18.2. The lowest BCUT2D eigenvalue weighted by atomic mass is 9.93. The summed E-state index contributed by atoms with van der Waals surface area (Å²) in [5, 5.41) is 0. The Labute approximate surface area is 155 Å². The second kappa shape index (κ2) is 7.39. The van der Waals surface area contributed by atoms with Gasteiger partial charge in [0.25, 0.3) is 5.91 Å². The van der Waals surface area contributed by atoms with Gasteiger partial charge < -0.3 is 9.32 Å². The number of halogens is 1. The topological polar surface area (TPSA) is 66.3 Å². The van der Waals surface area contributed by atoms with Crippen molar-refractivity contribution in [1.29, 1.82) is 0 Å². The van der Waals surface area contributed by atoms with Gasteiger partial charge in [0.15, 0.2) is 5.58 Å². The van der Waals surface area contributed by atoms with Crippen molar-refractivity contribution in [3.8, 4) is 0 Å². The summed E-state index contributed by atoms with van der Waals surface area (Å²) >= 11 is 0. The summed E-state index contributed by atoms with van der Waals surface area (Å²) in [6.07, 6.45) is 5.34. The SMILES string of the molecule is O=C(c1ccc2oc(=O)[nH]c2c1)N(Cc1ccc(F)cc1)C1CCCCC1.